The third-order valence-electron chi connectivity index (χ3n) is 0. The molecule has 0 bridgehead atoms. The van der Waals surface area contributed by atoms with Crippen molar-refractivity contribution in [3.63, 3.8) is 0 Å². The van der Waals surface area contributed by atoms with Crippen molar-refractivity contribution in [2.24, 2.45) is 0 Å². The van der Waals surface area contributed by atoms with Crippen LogP contribution in [0, 0.1) is 0 Å². The Morgan fingerprint density at radius 3 is 1.25 bits per heavy atom. The van der Waals surface area contributed by atoms with E-state index in [0.29, 0.717) is 0 Å². The van der Waals surface area contributed by atoms with Crippen LogP contribution in [0.4, 0.5) is 0 Å². The smallest absolute Gasteiger partial charge is 0.412 e. The number of hydrogen-bond donors (Lipinski definition) is 4. The molecule has 0 spiro atoms. The van der Waals surface area contributed by atoms with E-state index in [4.69, 9.17) is 20.2 Å². The van der Waals surface area contributed by atoms with Crippen molar-refractivity contribution in [1.82, 2.24) is 0 Å². The van der Waals surface area contributed by atoms with Crippen molar-refractivity contribution >= 4 is 7.32 Å². The first-order chi connectivity index (χ1) is 3.15. The normalized spacial score (nSPS) is 5.62. The van der Waals surface area contributed by atoms with E-state index in [-0.39, 0.29) is 12.1 Å². The van der Waals surface area contributed by atoms with Crippen LogP contribution in [-0.2, 0) is 0 Å². The van der Waals surface area contributed by atoms with Gasteiger partial charge in [-0.1, -0.05) is 0 Å². The van der Waals surface area contributed by atoms with Gasteiger partial charge in [-0.3, -0.25) is 0 Å². The zero-order valence-electron chi connectivity index (χ0n) is 4.57. The van der Waals surface area contributed by atoms with Gasteiger partial charge in [0.05, 0.1) is 0 Å². The minimum absolute atomic E-state index is 0. The number of rotatable bonds is 0. The van der Waals surface area contributed by atoms with Gasteiger partial charge in [-0.2, -0.15) is 0 Å². The Labute approximate surface area is 47.7 Å². The molecule has 0 aromatic heterocycles. The summed E-state index contributed by atoms with van der Waals surface area (Å²) in [6.07, 6.45) is 0. The summed E-state index contributed by atoms with van der Waals surface area (Å²) in [5.74, 6) is 0. The van der Waals surface area contributed by atoms with Crippen molar-refractivity contribution in [2.75, 3.05) is 6.61 Å². The van der Waals surface area contributed by atoms with Crippen LogP contribution in [0.3, 0.4) is 0 Å². The Kier molecular flexibility index (Phi) is 30.9. The average Bonchev–Trinajstić information content (AvgIpc) is 1.33. The molecule has 0 saturated heterocycles. The molecule has 0 rings (SSSR count). The summed E-state index contributed by atoms with van der Waals surface area (Å²) < 4.78 is 0. The SMILES string of the molecule is CCO.O.OB(O)O. The van der Waals surface area contributed by atoms with E-state index in [1.165, 1.54) is 0 Å². The van der Waals surface area contributed by atoms with Gasteiger partial charge in [0, 0.05) is 6.61 Å². The quantitative estimate of drug-likeness (QED) is 0.261. The predicted molar refractivity (Wildman–Crippen MR) is 28.8 cm³/mol. The molecular weight excluding hydrogens is 115 g/mol. The fraction of sp³-hybridized carbons (Fsp3) is 1.00. The Balaban J connectivity index is -0.0000000575. The minimum Gasteiger partial charge on any atom is -0.412 e. The molecule has 0 aliphatic rings. The van der Waals surface area contributed by atoms with Crippen LogP contribution < -0.4 is 0 Å². The Hall–Kier alpha value is -0.135. The molecule has 0 aliphatic heterocycles. The molecule has 6 N–H and O–H groups in total. The van der Waals surface area contributed by atoms with Crippen LogP contribution in [0.25, 0.3) is 0 Å². The molecule has 0 saturated carbocycles. The van der Waals surface area contributed by atoms with E-state index in [1.807, 2.05) is 0 Å². The van der Waals surface area contributed by atoms with Gasteiger partial charge in [0.15, 0.2) is 0 Å². The fourth-order valence-electron chi connectivity index (χ4n) is 0. The van der Waals surface area contributed by atoms with E-state index >= 15 is 0 Å². The summed E-state index contributed by atoms with van der Waals surface area (Å²) in [4.78, 5) is 0. The maximum absolute atomic E-state index is 7.57. The second kappa shape index (κ2) is 15.8. The lowest BCUT2D eigenvalue weighted by atomic mass is 10.3. The van der Waals surface area contributed by atoms with Gasteiger partial charge in [0.25, 0.3) is 0 Å². The standard InChI is InChI=1S/C2H6O.BH3O3.H2O/c1-2-3;2-1(3)4;/h3H,2H2,1H3;2-4H;1H2. The summed E-state index contributed by atoms with van der Waals surface area (Å²) in [6, 6.07) is 0. The van der Waals surface area contributed by atoms with Crippen molar-refractivity contribution in [1.29, 1.82) is 0 Å². The maximum atomic E-state index is 7.57. The molecule has 0 aromatic carbocycles. The number of aliphatic hydroxyl groups excluding tert-OH is 1. The molecule has 0 aromatic rings. The molecule has 6 heteroatoms. The summed E-state index contributed by atoms with van der Waals surface area (Å²) in [5, 5.41) is 29.1. The Bertz CT molecular complexity index is 21.6. The van der Waals surface area contributed by atoms with E-state index in [2.05, 4.69) is 0 Å². The van der Waals surface area contributed by atoms with Crippen LogP contribution in [-0.4, -0.2) is 39.6 Å². The molecular formula is C2H11BO5. The number of hydrogen-bond acceptors (Lipinski definition) is 4. The van der Waals surface area contributed by atoms with Gasteiger partial charge in [-0.25, -0.2) is 0 Å². The van der Waals surface area contributed by atoms with Gasteiger partial charge in [-0.05, 0) is 6.92 Å². The zero-order valence-corrected chi connectivity index (χ0v) is 4.57. The second-order valence-corrected chi connectivity index (χ2v) is 0.663. The lowest BCUT2D eigenvalue weighted by Crippen LogP contribution is -2.07. The van der Waals surface area contributed by atoms with Crippen molar-refractivity contribution in [3.8, 4) is 0 Å². The van der Waals surface area contributed by atoms with Crippen LogP contribution in [0.5, 0.6) is 0 Å². The summed E-state index contributed by atoms with van der Waals surface area (Å²) in [7, 11) is -2.17. The van der Waals surface area contributed by atoms with Crippen LogP contribution >= 0.6 is 0 Å². The average molecular weight is 126 g/mol. The predicted octanol–water partition coefficient (Wildman–Crippen LogP) is -2.88. The highest BCUT2D eigenvalue weighted by atomic mass is 16.5. The first-order valence-electron chi connectivity index (χ1n) is 1.80. The van der Waals surface area contributed by atoms with E-state index in [0.717, 1.165) is 0 Å². The number of aliphatic hydroxyl groups is 1. The lowest BCUT2D eigenvalue weighted by molar-refractivity contribution is 0.278. The first-order valence-corrected chi connectivity index (χ1v) is 1.80. The van der Waals surface area contributed by atoms with Gasteiger partial charge in [0.2, 0.25) is 0 Å². The maximum Gasteiger partial charge on any atom is 0.631 e. The van der Waals surface area contributed by atoms with E-state index < -0.39 is 7.32 Å². The molecule has 0 radical (unpaired) electrons. The molecule has 0 unspecified atom stereocenters. The van der Waals surface area contributed by atoms with Crippen molar-refractivity contribution < 1.29 is 25.7 Å². The van der Waals surface area contributed by atoms with E-state index in [1.54, 1.807) is 6.92 Å². The molecule has 0 heterocycles. The largest absolute Gasteiger partial charge is 0.631 e. The lowest BCUT2D eigenvalue weighted by Gasteiger charge is -1.69. The summed E-state index contributed by atoms with van der Waals surface area (Å²) >= 11 is 0. The molecule has 5 nitrogen and oxygen atoms in total. The minimum atomic E-state index is -2.17. The van der Waals surface area contributed by atoms with Gasteiger partial charge < -0.3 is 25.7 Å². The van der Waals surface area contributed by atoms with Gasteiger partial charge in [-0.15, -0.1) is 0 Å². The molecule has 0 atom stereocenters. The molecule has 0 amide bonds. The zero-order chi connectivity index (χ0) is 6.28. The fourth-order valence-corrected chi connectivity index (χ4v) is 0. The van der Waals surface area contributed by atoms with Crippen molar-refractivity contribution in [3.05, 3.63) is 0 Å². The molecule has 8 heavy (non-hydrogen) atoms. The van der Waals surface area contributed by atoms with Crippen LogP contribution in [0.15, 0.2) is 0 Å². The highest BCUT2D eigenvalue weighted by Crippen LogP contribution is 1.40. The van der Waals surface area contributed by atoms with Crippen molar-refractivity contribution in [2.45, 2.75) is 6.92 Å². The summed E-state index contributed by atoms with van der Waals surface area (Å²) in [5.41, 5.74) is 0. The highest BCUT2D eigenvalue weighted by Gasteiger charge is 1.92. The van der Waals surface area contributed by atoms with Crippen LogP contribution in [0.2, 0.25) is 0 Å². The molecule has 52 valence electrons. The Morgan fingerprint density at radius 2 is 1.25 bits per heavy atom. The highest BCUT2D eigenvalue weighted by molar-refractivity contribution is 6.30. The van der Waals surface area contributed by atoms with Gasteiger partial charge >= 0.3 is 7.32 Å². The third-order valence-corrected chi connectivity index (χ3v) is 0. The third kappa shape index (κ3) is 7610. The first kappa shape index (κ1) is 15.7. The Morgan fingerprint density at radius 1 is 1.25 bits per heavy atom. The molecule has 0 aliphatic carbocycles. The topological polar surface area (TPSA) is 112 Å². The van der Waals surface area contributed by atoms with E-state index in [9.17, 15) is 0 Å². The molecule has 0 fully saturated rings. The summed E-state index contributed by atoms with van der Waals surface area (Å²) in [6.45, 7) is 1.93. The monoisotopic (exact) mass is 126 g/mol. The van der Waals surface area contributed by atoms with Gasteiger partial charge in [0.1, 0.15) is 0 Å². The van der Waals surface area contributed by atoms with Crippen LogP contribution in [0.1, 0.15) is 6.92 Å². The second-order valence-electron chi connectivity index (χ2n) is 0.663.